The number of amides is 1. The van der Waals surface area contributed by atoms with Crippen LogP contribution in [0.1, 0.15) is 26.7 Å². The van der Waals surface area contributed by atoms with Crippen molar-refractivity contribution in [2.75, 3.05) is 19.6 Å². The van der Waals surface area contributed by atoms with Crippen LogP contribution in [0, 0.1) is 15.5 Å². The third-order valence-corrected chi connectivity index (χ3v) is 5.76. The van der Waals surface area contributed by atoms with Gasteiger partial charge in [0.15, 0.2) is 0 Å². The van der Waals surface area contributed by atoms with Gasteiger partial charge < -0.3 is 11.1 Å². The van der Waals surface area contributed by atoms with E-state index in [0.29, 0.717) is 12.8 Å². The molecule has 148 valence electrons. The predicted molar refractivity (Wildman–Crippen MR) is 101 cm³/mol. The first-order valence-electron chi connectivity index (χ1n) is 7.95. The van der Waals surface area contributed by atoms with Crippen LogP contribution >= 0.6 is 12.4 Å². The van der Waals surface area contributed by atoms with E-state index in [1.54, 1.807) is 0 Å². The molecule has 0 aliphatic carbocycles. The first-order valence-corrected chi connectivity index (χ1v) is 9.43. The fraction of sp³-hybridized carbons (Fsp3) is 0.533. The van der Waals surface area contributed by atoms with E-state index in [0.717, 1.165) is 24.3 Å². The monoisotopic (exact) mass is 408 g/mol. The molecule has 0 radical (unpaired) electrons. The molecule has 0 bridgehead atoms. The molecule has 0 fully saturated rings. The van der Waals surface area contributed by atoms with Gasteiger partial charge in [-0.05, 0) is 25.0 Å². The fourth-order valence-electron chi connectivity index (χ4n) is 2.33. The lowest BCUT2D eigenvalue weighted by Gasteiger charge is -2.28. The summed E-state index contributed by atoms with van der Waals surface area (Å²) in [4.78, 5) is 22.1. The molecule has 0 aliphatic rings. The topological polar surface area (TPSA) is 144 Å². The predicted octanol–water partition coefficient (Wildman–Crippen LogP) is 1.18. The second-order valence-corrected chi connectivity index (χ2v) is 7.36. The Morgan fingerprint density at radius 3 is 2.15 bits per heavy atom. The number of nitrogens with one attached hydrogen (secondary N) is 2. The van der Waals surface area contributed by atoms with E-state index < -0.39 is 20.4 Å². The maximum atomic E-state index is 12.2. The van der Waals surface area contributed by atoms with Crippen LogP contribution in [-0.4, -0.2) is 38.9 Å². The zero-order valence-corrected chi connectivity index (χ0v) is 16.4. The van der Waals surface area contributed by atoms with E-state index in [2.05, 4.69) is 10.0 Å². The SMILES string of the molecule is CCC(CC)(CN)C(=O)NCCNS(=O)(=O)c1ccc([N+](=O)[O-])cc1.Cl. The van der Waals surface area contributed by atoms with Gasteiger partial charge in [-0.3, -0.25) is 14.9 Å². The van der Waals surface area contributed by atoms with Crippen molar-refractivity contribution in [1.29, 1.82) is 0 Å². The number of non-ortho nitro benzene ring substituents is 1. The smallest absolute Gasteiger partial charge is 0.269 e. The zero-order chi connectivity index (χ0) is 19.1. The number of hydrogen-bond acceptors (Lipinski definition) is 6. The Hall–Kier alpha value is -1.75. The second-order valence-electron chi connectivity index (χ2n) is 5.60. The number of nitrogens with two attached hydrogens (primary N) is 1. The van der Waals surface area contributed by atoms with Crippen molar-refractivity contribution in [3.05, 3.63) is 34.4 Å². The number of carbonyl (C=O) groups excluding carboxylic acids is 1. The minimum atomic E-state index is -3.80. The molecule has 1 rings (SSSR count). The van der Waals surface area contributed by atoms with Crippen LogP contribution in [0.3, 0.4) is 0 Å². The van der Waals surface area contributed by atoms with E-state index in [9.17, 15) is 23.3 Å². The highest BCUT2D eigenvalue weighted by Crippen LogP contribution is 2.24. The van der Waals surface area contributed by atoms with Crippen LogP contribution in [0.5, 0.6) is 0 Å². The number of hydrogen-bond donors (Lipinski definition) is 3. The van der Waals surface area contributed by atoms with E-state index in [1.165, 1.54) is 0 Å². The highest BCUT2D eigenvalue weighted by Gasteiger charge is 2.32. The summed E-state index contributed by atoms with van der Waals surface area (Å²) in [6.45, 7) is 4.10. The first kappa shape index (κ1) is 24.2. The highest BCUT2D eigenvalue weighted by molar-refractivity contribution is 7.89. The molecule has 1 aromatic carbocycles. The third kappa shape index (κ3) is 5.90. The van der Waals surface area contributed by atoms with Gasteiger partial charge in [-0.1, -0.05) is 13.8 Å². The van der Waals surface area contributed by atoms with Crippen molar-refractivity contribution in [3.8, 4) is 0 Å². The minimum absolute atomic E-state index is 0. The van der Waals surface area contributed by atoms with Crippen molar-refractivity contribution in [2.45, 2.75) is 31.6 Å². The molecule has 0 saturated carbocycles. The van der Waals surface area contributed by atoms with Gasteiger partial charge in [0, 0.05) is 31.8 Å². The molecule has 0 heterocycles. The van der Waals surface area contributed by atoms with Gasteiger partial charge in [0.05, 0.1) is 15.2 Å². The summed E-state index contributed by atoms with van der Waals surface area (Å²) in [5, 5.41) is 13.3. The molecule has 1 aromatic rings. The number of carbonyl (C=O) groups is 1. The first-order chi connectivity index (χ1) is 11.7. The lowest BCUT2D eigenvalue weighted by molar-refractivity contribution is -0.384. The number of nitro benzene ring substituents is 1. The average molecular weight is 409 g/mol. The number of nitrogens with zero attached hydrogens (tertiary/aromatic N) is 1. The van der Waals surface area contributed by atoms with Crippen molar-refractivity contribution in [3.63, 3.8) is 0 Å². The number of nitro groups is 1. The molecular weight excluding hydrogens is 384 g/mol. The van der Waals surface area contributed by atoms with E-state index >= 15 is 0 Å². The number of benzene rings is 1. The molecule has 0 unspecified atom stereocenters. The number of rotatable bonds is 10. The molecule has 9 nitrogen and oxygen atoms in total. The van der Waals surface area contributed by atoms with Crippen molar-refractivity contribution in [2.24, 2.45) is 11.1 Å². The molecule has 1 amide bonds. The van der Waals surface area contributed by atoms with Crippen molar-refractivity contribution < 1.29 is 18.1 Å². The Bertz CT molecular complexity index is 697. The summed E-state index contributed by atoms with van der Waals surface area (Å²) in [5.74, 6) is -0.200. The summed E-state index contributed by atoms with van der Waals surface area (Å²) >= 11 is 0. The van der Waals surface area contributed by atoms with Gasteiger partial charge in [0.1, 0.15) is 0 Å². The third-order valence-electron chi connectivity index (χ3n) is 4.29. The van der Waals surface area contributed by atoms with E-state index in [4.69, 9.17) is 5.73 Å². The van der Waals surface area contributed by atoms with Crippen LogP contribution in [0.2, 0.25) is 0 Å². The Balaban J connectivity index is 0.00000625. The van der Waals surface area contributed by atoms with Gasteiger partial charge >= 0.3 is 0 Å². The molecule has 0 aliphatic heterocycles. The fourth-order valence-corrected chi connectivity index (χ4v) is 3.36. The lowest BCUT2D eigenvalue weighted by Crippen LogP contribution is -2.47. The number of sulfonamides is 1. The second kappa shape index (κ2) is 10.4. The van der Waals surface area contributed by atoms with Crippen LogP contribution in [-0.2, 0) is 14.8 Å². The Labute approximate surface area is 159 Å². The van der Waals surface area contributed by atoms with E-state index in [1.807, 2.05) is 13.8 Å². The summed E-state index contributed by atoms with van der Waals surface area (Å²) in [6.07, 6.45) is 1.20. The zero-order valence-electron chi connectivity index (χ0n) is 14.7. The van der Waals surface area contributed by atoms with Crippen LogP contribution in [0.4, 0.5) is 5.69 Å². The minimum Gasteiger partial charge on any atom is -0.354 e. The van der Waals surface area contributed by atoms with Gasteiger partial charge in [0.2, 0.25) is 15.9 Å². The Morgan fingerprint density at radius 2 is 1.73 bits per heavy atom. The maximum Gasteiger partial charge on any atom is 0.269 e. The highest BCUT2D eigenvalue weighted by atomic mass is 35.5. The molecule has 0 spiro atoms. The molecule has 11 heteroatoms. The maximum absolute atomic E-state index is 12.2. The summed E-state index contributed by atoms with van der Waals surface area (Å²) in [5.41, 5.74) is 4.86. The van der Waals surface area contributed by atoms with Gasteiger partial charge in [-0.15, -0.1) is 12.4 Å². The molecular formula is C15H25ClN4O5S. The summed E-state index contributed by atoms with van der Waals surface area (Å²) in [6, 6.07) is 4.56. The largest absolute Gasteiger partial charge is 0.354 e. The Kier molecular flexibility index (Phi) is 9.71. The van der Waals surface area contributed by atoms with Crippen molar-refractivity contribution >= 4 is 34.0 Å². The summed E-state index contributed by atoms with van der Waals surface area (Å²) < 4.78 is 26.6. The Morgan fingerprint density at radius 1 is 1.19 bits per heavy atom. The number of halogens is 1. The average Bonchev–Trinajstić information content (AvgIpc) is 2.61. The molecule has 26 heavy (non-hydrogen) atoms. The normalized spacial score (nSPS) is 11.5. The lowest BCUT2D eigenvalue weighted by atomic mass is 9.81. The standard InChI is InChI=1S/C15H24N4O5S.ClH/c1-3-15(4-2,11-16)14(20)17-9-10-18-25(23,24)13-7-5-12(6-8-13)19(21)22;/h5-8,18H,3-4,9-11,16H2,1-2H3,(H,17,20);1H. The van der Waals surface area contributed by atoms with Crippen LogP contribution < -0.4 is 15.8 Å². The van der Waals surface area contributed by atoms with Gasteiger partial charge in [-0.25, -0.2) is 13.1 Å². The summed E-state index contributed by atoms with van der Waals surface area (Å²) in [7, 11) is -3.80. The quantitative estimate of drug-likeness (QED) is 0.301. The van der Waals surface area contributed by atoms with E-state index in [-0.39, 0.29) is 48.5 Å². The van der Waals surface area contributed by atoms with Crippen molar-refractivity contribution in [1.82, 2.24) is 10.0 Å². The van der Waals surface area contributed by atoms with Crippen LogP contribution in [0.15, 0.2) is 29.2 Å². The van der Waals surface area contributed by atoms with Gasteiger partial charge in [0.25, 0.3) is 5.69 Å². The molecule has 4 N–H and O–H groups in total. The van der Waals surface area contributed by atoms with Gasteiger partial charge in [-0.2, -0.15) is 0 Å². The molecule has 0 aromatic heterocycles. The molecule has 0 atom stereocenters. The molecule has 0 saturated heterocycles. The van der Waals surface area contributed by atoms with Crippen LogP contribution in [0.25, 0.3) is 0 Å².